The Morgan fingerprint density at radius 1 is 1.29 bits per heavy atom. The molecule has 1 aromatic rings. The van der Waals surface area contributed by atoms with E-state index in [9.17, 15) is 4.79 Å². The number of morpholine rings is 1. The predicted molar refractivity (Wildman–Crippen MR) is 54.0 cm³/mol. The lowest BCUT2D eigenvalue weighted by atomic mass is 10.2. The summed E-state index contributed by atoms with van der Waals surface area (Å²) in [5, 5.41) is 0. The summed E-state index contributed by atoms with van der Waals surface area (Å²) in [5.74, 6) is -0.173. The van der Waals surface area contributed by atoms with Gasteiger partial charge >= 0.3 is 5.97 Å². The molecule has 1 aliphatic rings. The molecule has 0 unspecified atom stereocenters. The zero-order valence-corrected chi connectivity index (χ0v) is 7.77. The van der Waals surface area contributed by atoms with Crippen LogP contribution in [0.25, 0.3) is 0 Å². The van der Waals surface area contributed by atoms with Gasteiger partial charge in [0.1, 0.15) is 13.2 Å². The number of hydrogen-bond acceptors (Lipinski definition) is 4. The molecule has 0 amide bonds. The monoisotopic (exact) mass is 192 g/mol. The van der Waals surface area contributed by atoms with E-state index in [-0.39, 0.29) is 5.97 Å². The minimum Gasteiger partial charge on any atom is -0.462 e. The number of nitrogen functional groups attached to an aromatic ring is 1. The molecule has 1 aliphatic heterocycles. The second-order valence-electron chi connectivity index (χ2n) is 3.23. The van der Waals surface area contributed by atoms with Crippen LogP contribution in [0.4, 0.5) is 11.4 Å². The van der Waals surface area contributed by atoms with E-state index in [0.717, 1.165) is 17.9 Å². The van der Waals surface area contributed by atoms with Gasteiger partial charge < -0.3 is 15.4 Å². The van der Waals surface area contributed by atoms with Crippen molar-refractivity contribution in [1.29, 1.82) is 0 Å². The van der Waals surface area contributed by atoms with Crippen molar-refractivity contribution in [3.63, 3.8) is 0 Å². The highest BCUT2D eigenvalue weighted by Crippen LogP contribution is 2.17. The summed E-state index contributed by atoms with van der Waals surface area (Å²) in [4.78, 5) is 13.0. The normalized spacial score (nSPS) is 16.6. The highest BCUT2D eigenvalue weighted by atomic mass is 16.5. The summed E-state index contributed by atoms with van der Waals surface area (Å²) in [7, 11) is 0. The van der Waals surface area contributed by atoms with E-state index in [1.165, 1.54) is 0 Å². The molecular formula is C10H12N2O2. The van der Waals surface area contributed by atoms with Crippen LogP contribution in [0.15, 0.2) is 24.3 Å². The van der Waals surface area contributed by atoms with Crippen LogP contribution in [0.1, 0.15) is 0 Å². The smallest absolute Gasteiger partial charge is 0.325 e. The van der Waals surface area contributed by atoms with E-state index in [0.29, 0.717) is 13.2 Å². The first-order chi connectivity index (χ1) is 6.75. The number of ether oxygens (including phenoxy) is 1. The molecule has 0 atom stereocenters. The van der Waals surface area contributed by atoms with Gasteiger partial charge in [-0.1, -0.05) is 0 Å². The minimum atomic E-state index is -0.173. The molecule has 1 fully saturated rings. The third kappa shape index (κ3) is 1.79. The quantitative estimate of drug-likeness (QED) is 0.524. The van der Waals surface area contributed by atoms with Crippen molar-refractivity contribution in [1.82, 2.24) is 0 Å². The van der Waals surface area contributed by atoms with Gasteiger partial charge in [-0.05, 0) is 24.3 Å². The summed E-state index contributed by atoms with van der Waals surface area (Å²) in [6, 6.07) is 7.48. The molecule has 0 aromatic heterocycles. The number of anilines is 2. The molecule has 14 heavy (non-hydrogen) atoms. The maximum absolute atomic E-state index is 11.0. The molecule has 0 saturated carbocycles. The fourth-order valence-electron chi connectivity index (χ4n) is 1.46. The lowest BCUT2D eigenvalue weighted by molar-refractivity contribution is -0.143. The van der Waals surface area contributed by atoms with E-state index < -0.39 is 0 Å². The lowest BCUT2D eigenvalue weighted by Gasteiger charge is -2.27. The van der Waals surface area contributed by atoms with Gasteiger partial charge in [-0.25, -0.2) is 0 Å². The minimum absolute atomic E-state index is 0.173. The van der Waals surface area contributed by atoms with E-state index in [1.807, 2.05) is 29.2 Å². The molecule has 4 nitrogen and oxygen atoms in total. The number of carbonyl (C=O) groups is 1. The molecule has 1 saturated heterocycles. The van der Waals surface area contributed by atoms with Crippen molar-refractivity contribution in [3.05, 3.63) is 24.3 Å². The largest absolute Gasteiger partial charge is 0.462 e. The second kappa shape index (κ2) is 3.57. The van der Waals surface area contributed by atoms with Crippen LogP contribution in [-0.2, 0) is 9.53 Å². The van der Waals surface area contributed by atoms with Crippen molar-refractivity contribution < 1.29 is 9.53 Å². The zero-order chi connectivity index (χ0) is 9.97. The second-order valence-corrected chi connectivity index (χ2v) is 3.23. The summed E-state index contributed by atoms with van der Waals surface area (Å²) in [6.45, 7) is 1.53. The van der Waals surface area contributed by atoms with Crippen LogP contribution in [-0.4, -0.2) is 25.7 Å². The van der Waals surface area contributed by atoms with Gasteiger partial charge in [0.25, 0.3) is 0 Å². The maximum atomic E-state index is 11.0. The summed E-state index contributed by atoms with van der Waals surface area (Å²) in [6.07, 6.45) is 0. The molecule has 0 radical (unpaired) electrons. The average Bonchev–Trinajstić information content (AvgIpc) is 2.19. The highest BCUT2D eigenvalue weighted by Gasteiger charge is 2.17. The van der Waals surface area contributed by atoms with Crippen molar-refractivity contribution in [2.75, 3.05) is 30.3 Å². The number of cyclic esters (lactones) is 1. The maximum Gasteiger partial charge on any atom is 0.325 e. The van der Waals surface area contributed by atoms with E-state index in [1.54, 1.807) is 0 Å². The lowest BCUT2D eigenvalue weighted by Crippen LogP contribution is -2.39. The van der Waals surface area contributed by atoms with Crippen LogP contribution < -0.4 is 10.6 Å². The molecule has 0 bridgehead atoms. The van der Waals surface area contributed by atoms with Crippen LogP contribution in [0.5, 0.6) is 0 Å². The first-order valence-electron chi connectivity index (χ1n) is 4.52. The van der Waals surface area contributed by atoms with Crippen LogP contribution in [0.3, 0.4) is 0 Å². The molecule has 4 heteroatoms. The van der Waals surface area contributed by atoms with Gasteiger partial charge in [-0.2, -0.15) is 0 Å². The third-order valence-electron chi connectivity index (χ3n) is 2.20. The third-order valence-corrected chi connectivity index (χ3v) is 2.20. The Balaban J connectivity index is 2.14. The number of esters is 1. The zero-order valence-electron chi connectivity index (χ0n) is 7.77. The molecule has 2 N–H and O–H groups in total. The Labute approximate surface area is 82.3 Å². The van der Waals surface area contributed by atoms with Crippen molar-refractivity contribution in [2.24, 2.45) is 0 Å². The molecule has 0 aliphatic carbocycles. The standard InChI is InChI=1S/C10H12N2O2/c11-8-1-3-9(4-2-8)12-5-6-14-10(13)7-12/h1-4H,5-7,11H2. The SMILES string of the molecule is Nc1ccc(N2CCOC(=O)C2)cc1. The molecular weight excluding hydrogens is 180 g/mol. The van der Waals surface area contributed by atoms with Crippen LogP contribution in [0, 0.1) is 0 Å². The fourth-order valence-corrected chi connectivity index (χ4v) is 1.46. The van der Waals surface area contributed by atoms with Gasteiger partial charge in [0.15, 0.2) is 0 Å². The molecule has 1 heterocycles. The van der Waals surface area contributed by atoms with Gasteiger partial charge in [-0.3, -0.25) is 4.79 Å². The molecule has 74 valence electrons. The molecule has 2 rings (SSSR count). The number of nitrogens with two attached hydrogens (primary N) is 1. The Kier molecular flexibility index (Phi) is 2.26. The predicted octanol–water partition coefficient (Wildman–Crippen LogP) is 0.632. The summed E-state index contributed by atoms with van der Waals surface area (Å²) >= 11 is 0. The van der Waals surface area contributed by atoms with E-state index in [2.05, 4.69) is 0 Å². The average molecular weight is 192 g/mol. The van der Waals surface area contributed by atoms with E-state index >= 15 is 0 Å². The number of benzene rings is 1. The number of hydrogen-bond donors (Lipinski definition) is 1. The first-order valence-corrected chi connectivity index (χ1v) is 4.52. The van der Waals surface area contributed by atoms with Crippen LogP contribution >= 0.6 is 0 Å². The first kappa shape index (κ1) is 8.87. The van der Waals surface area contributed by atoms with Gasteiger partial charge in [-0.15, -0.1) is 0 Å². The Morgan fingerprint density at radius 2 is 2.00 bits per heavy atom. The fraction of sp³-hybridized carbons (Fsp3) is 0.300. The Bertz CT molecular complexity index is 334. The highest BCUT2D eigenvalue weighted by molar-refractivity contribution is 5.77. The molecule has 0 spiro atoms. The summed E-state index contributed by atoms with van der Waals surface area (Å²) < 4.78 is 4.85. The number of nitrogens with zero attached hydrogens (tertiary/aromatic N) is 1. The molecule has 1 aromatic carbocycles. The Hall–Kier alpha value is -1.71. The van der Waals surface area contributed by atoms with E-state index in [4.69, 9.17) is 10.5 Å². The van der Waals surface area contributed by atoms with Gasteiger partial charge in [0, 0.05) is 11.4 Å². The Morgan fingerprint density at radius 3 is 2.64 bits per heavy atom. The van der Waals surface area contributed by atoms with Crippen molar-refractivity contribution >= 4 is 17.3 Å². The number of carbonyl (C=O) groups excluding carboxylic acids is 1. The van der Waals surface area contributed by atoms with Crippen LogP contribution in [0.2, 0.25) is 0 Å². The topological polar surface area (TPSA) is 55.6 Å². The van der Waals surface area contributed by atoms with Gasteiger partial charge in [0.2, 0.25) is 0 Å². The van der Waals surface area contributed by atoms with Crippen molar-refractivity contribution in [2.45, 2.75) is 0 Å². The number of rotatable bonds is 1. The van der Waals surface area contributed by atoms with Crippen molar-refractivity contribution in [3.8, 4) is 0 Å². The van der Waals surface area contributed by atoms with Gasteiger partial charge in [0.05, 0.1) is 6.54 Å². The summed E-state index contributed by atoms with van der Waals surface area (Å²) in [5.41, 5.74) is 7.31.